The third-order valence-corrected chi connectivity index (χ3v) is 3.20. The second-order valence-electron chi connectivity index (χ2n) is 4.67. The Hall–Kier alpha value is -1.70. The molecule has 0 aromatic rings. The standard InChI is InChI=1S/C13H20N2O3/c1-3-5-10(4-2)14-13(18)15-11-7-6-9(8-11)12(16)17/h2,9-11H,3,5-8H2,1H3,(H,16,17)(H2,14,15,18)/t9-,10?,11+/m1/s1. The van der Waals surface area contributed by atoms with E-state index >= 15 is 0 Å². The first kappa shape index (κ1) is 14.4. The van der Waals surface area contributed by atoms with Gasteiger partial charge in [-0.05, 0) is 25.7 Å². The molecule has 0 radical (unpaired) electrons. The van der Waals surface area contributed by atoms with Crippen LogP contribution in [-0.2, 0) is 4.79 Å². The van der Waals surface area contributed by atoms with Crippen molar-refractivity contribution in [2.24, 2.45) is 5.92 Å². The molecule has 2 amide bonds. The number of aliphatic carboxylic acids is 1. The lowest BCUT2D eigenvalue weighted by molar-refractivity contribution is -0.141. The lowest BCUT2D eigenvalue weighted by atomic mass is 10.1. The van der Waals surface area contributed by atoms with Crippen molar-refractivity contribution in [1.82, 2.24) is 10.6 Å². The van der Waals surface area contributed by atoms with Crippen LogP contribution in [0.4, 0.5) is 4.79 Å². The molecule has 0 aromatic carbocycles. The van der Waals surface area contributed by atoms with E-state index < -0.39 is 5.97 Å². The third-order valence-electron chi connectivity index (χ3n) is 3.20. The van der Waals surface area contributed by atoms with E-state index in [1.807, 2.05) is 6.92 Å². The zero-order valence-corrected chi connectivity index (χ0v) is 10.6. The highest BCUT2D eigenvalue weighted by Gasteiger charge is 2.30. The number of rotatable bonds is 5. The Morgan fingerprint density at radius 3 is 2.72 bits per heavy atom. The number of terminal acetylenes is 1. The van der Waals surface area contributed by atoms with Crippen molar-refractivity contribution in [2.75, 3.05) is 0 Å². The van der Waals surface area contributed by atoms with E-state index in [-0.39, 0.29) is 24.0 Å². The van der Waals surface area contributed by atoms with Crippen LogP contribution in [0.3, 0.4) is 0 Å². The zero-order valence-electron chi connectivity index (χ0n) is 10.6. The van der Waals surface area contributed by atoms with E-state index in [4.69, 9.17) is 11.5 Å². The minimum atomic E-state index is -0.785. The summed E-state index contributed by atoms with van der Waals surface area (Å²) >= 11 is 0. The molecule has 0 saturated heterocycles. The van der Waals surface area contributed by atoms with E-state index in [0.29, 0.717) is 19.3 Å². The summed E-state index contributed by atoms with van der Waals surface area (Å²) in [6.45, 7) is 2.00. The Labute approximate surface area is 107 Å². The molecule has 1 aliphatic carbocycles. The monoisotopic (exact) mass is 252 g/mol. The van der Waals surface area contributed by atoms with E-state index in [1.54, 1.807) is 0 Å². The molecule has 0 aromatic heterocycles. The molecular weight excluding hydrogens is 232 g/mol. The summed E-state index contributed by atoms with van der Waals surface area (Å²) in [5.41, 5.74) is 0. The van der Waals surface area contributed by atoms with Crippen LogP contribution >= 0.6 is 0 Å². The average molecular weight is 252 g/mol. The summed E-state index contributed by atoms with van der Waals surface area (Å²) in [7, 11) is 0. The number of carboxylic acids is 1. The highest BCUT2D eigenvalue weighted by molar-refractivity contribution is 5.75. The maximum atomic E-state index is 11.7. The van der Waals surface area contributed by atoms with E-state index in [1.165, 1.54) is 0 Å². The summed E-state index contributed by atoms with van der Waals surface area (Å²) in [5.74, 6) is 1.40. The van der Waals surface area contributed by atoms with Gasteiger partial charge in [-0.1, -0.05) is 19.3 Å². The molecule has 3 atom stereocenters. The van der Waals surface area contributed by atoms with Crippen molar-refractivity contribution < 1.29 is 14.7 Å². The van der Waals surface area contributed by atoms with E-state index in [2.05, 4.69) is 16.6 Å². The second kappa shape index (κ2) is 6.90. The van der Waals surface area contributed by atoms with Gasteiger partial charge in [0.25, 0.3) is 0 Å². The first-order valence-corrected chi connectivity index (χ1v) is 6.32. The van der Waals surface area contributed by atoms with Crippen molar-refractivity contribution in [3.63, 3.8) is 0 Å². The van der Waals surface area contributed by atoms with Gasteiger partial charge in [-0.2, -0.15) is 0 Å². The minimum Gasteiger partial charge on any atom is -0.481 e. The molecule has 100 valence electrons. The summed E-state index contributed by atoms with van der Waals surface area (Å²) < 4.78 is 0. The van der Waals surface area contributed by atoms with Gasteiger partial charge in [0.2, 0.25) is 0 Å². The fraction of sp³-hybridized carbons (Fsp3) is 0.692. The summed E-state index contributed by atoms with van der Waals surface area (Å²) in [6.07, 6.45) is 8.78. The predicted octanol–water partition coefficient (Wildman–Crippen LogP) is 1.34. The summed E-state index contributed by atoms with van der Waals surface area (Å²) in [6, 6.07) is -0.625. The van der Waals surface area contributed by atoms with Crippen molar-refractivity contribution in [3.8, 4) is 12.3 Å². The molecule has 3 N–H and O–H groups in total. The Morgan fingerprint density at radius 2 is 2.22 bits per heavy atom. The van der Waals surface area contributed by atoms with Crippen LogP contribution < -0.4 is 10.6 Å². The van der Waals surface area contributed by atoms with E-state index in [9.17, 15) is 9.59 Å². The Bertz CT molecular complexity index is 349. The van der Waals surface area contributed by atoms with Gasteiger partial charge in [0.1, 0.15) is 0 Å². The number of carbonyl (C=O) groups excluding carboxylic acids is 1. The van der Waals surface area contributed by atoms with Crippen molar-refractivity contribution in [1.29, 1.82) is 0 Å². The van der Waals surface area contributed by atoms with Crippen molar-refractivity contribution >= 4 is 12.0 Å². The number of urea groups is 1. The number of carbonyl (C=O) groups is 2. The largest absolute Gasteiger partial charge is 0.481 e. The fourth-order valence-electron chi connectivity index (χ4n) is 2.21. The fourth-order valence-corrected chi connectivity index (χ4v) is 2.21. The van der Waals surface area contributed by atoms with Gasteiger partial charge in [-0.15, -0.1) is 6.42 Å². The van der Waals surface area contributed by atoms with Crippen molar-refractivity contribution in [3.05, 3.63) is 0 Å². The Morgan fingerprint density at radius 1 is 1.50 bits per heavy atom. The highest BCUT2D eigenvalue weighted by Crippen LogP contribution is 2.25. The molecule has 0 bridgehead atoms. The quantitative estimate of drug-likeness (QED) is 0.646. The minimum absolute atomic E-state index is 0.0637. The van der Waals surface area contributed by atoms with Crippen LogP contribution in [-0.4, -0.2) is 29.2 Å². The van der Waals surface area contributed by atoms with Gasteiger partial charge in [-0.3, -0.25) is 4.79 Å². The molecule has 5 heteroatoms. The first-order chi connectivity index (χ1) is 8.56. The van der Waals surface area contributed by atoms with E-state index in [0.717, 1.165) is 12.8 Å². The zero-order chi connectivity index (χ0) is 13.5. The number of nitrogens with one attached hydrogen (secondary N) is 2. The molecule has 1 rings (SSSR count). The van der Waals surface area contributed by atoms with Crippen LogP contribution in [0, 0.1) is 18.3 Å². The molecule has 1 aliphatic rings. The van der Waals surface area contributed by atoms with Gasteiger partial charge in [0.05, 0.1) is 12.0 Å². The average Bonchev–Trinajstić information content (AvgIpc) is 2.77. The number of amides is 2. The van der Waals surface area contributed by atoms with Crippen LogP contribution in [0.1, 0.15) is 39.0 Å². The molecular formula is C13H20N2O3. The number of hydrogen-bond donors (Lipinski definition) is 3. The topological polar surface area (TPSA) is 78.4 Å². The van der Waals surface area contributed by atoms with Crippen LogP contribution in [0.5, 0.6) is 0 Å². The molecule has 0 aliphatic heterocycles. The molecule has 1 saturated carbocycles. The summed E-state index contributed by atoms with van der Waals surface area (Å²) in [5, 5.41) is 14.3. The van der Waals surface area contributed by atoms with Crippen LogP contribution in [0.25, 0.3) is 0 Å². The predicted molar refractivity (Wildman–Crippen MR) is 68.0 cm³/mol. The van der Waals surface area contributed by atoms with Gasteiger partial charge in [0.15, 0.2) is 0 Å². The maximum absolute atomic E-state index is 11.7. The molecule has 0 spiro atoms. The van der Waals surface area contributed by atoms with Crippen molar-refractivity contribution in [2.45, 2.75) is 51.1 Å². The lowest BCUT2D eigenvalue weighted by Gasteiger charge is -2.16. The summed E-state index contributed by atoms with van der Waals surface area (Å²) in [4.78, 5) is 22.4. The Kier molecular flexibility index (Phi) is 5.50. The third kappa shape index (κ3) is 4.28. The molecule has 1 unspecified atom stereocenters. The smallest absolute Gasteiger partial charge is 0.315 e. The molecule has 5 nitrogen and oxygen atoms in total. The molecule has 18 heavy (non-hydrogen) atoms. The first-order valence-electron chi connectivity index (χ1n) is 6.32. The van der Waals surface area contributed by atoms with Crippen LogP contribution in [0.15, 0.2) is 0 Å². The van der Waals surface area contributed by atoms with Crippen LogP contribution in [0.2, 0.25) is 0 Å². The Balaban J connectivity index is 2.33. The number of hydrogen-bond acceptors (Lipinski definition) is 2. The maximum Gasteiger partial charge on any atom is 0.315 e. The van der Waals surface area contributed by atoms with Gasteiger partial charge in [-0.25, -0.2) is 4.79 Å². The van der Waals surface area contributed by atoms with Gasteiger partial charge < -0.3 is 15.7 Å². The molecule has 1 fully saturated rings. The highest BCUT2D eigenvalue weighted by atomic mass is 16.4. The normalized spacial score (nSPS) is 24.0. The number of carboxylic acid groups (broad SMARTS) is 1. The second-order valence-corrected chi connectivity index (χ2v) is 4.67. The van der Waals surface area contributed by atoms with Gasteiger partial charge in [0, 0.05) is 6.04 Å². The molecule has 0 heterocycles. The SMILES string of the molecule is C#CC(CCC)NC(=O)N[C@H]1CC[C@@H](C(=O)O)C1. The van der Waals surface area contributed by atoms with Gasteiger partial charge >= 0.3 is 12.0 Å². The lowest BCUT2D eigenvalue weighted by Crippen LogP contribution is -2.45.